The van der Waals surface area contributed by atoms with Crippen molar-refractivity contribution in [3.63, 3.8) is 0 Å². The van der Waals surface area contributed by atoms with Crippen LogP contribution in [0.25, 0.3) is 0 Å². The number of aliphatic hydroxyl groups is 1. The van der Waals surface area contributed by atoms with Crippen molar-refractivity contribution in [2.75, 3.05) is 34.7 Å². The first-order valence-corrected chi connectivity index (χ1v) is 11.4. The Balaban J connectivity index is 1.53. The number of methoxy groups -OCH3 is 3. The smallest absolute Gasteiger partial charge is 0.409 e. The second kappa shape index (κ2) is 6.44. The number of hydrogen-bond donors (Lipinski definition) is 1. The zero-order chi connectivity index (χ0) is 20.8. The van der Waals surface area contributed by atoms with E-state index in [4.69, 9.17) is 18.9 Å². The Hall–Kier alpha value is -1.15. The third-order valence-corrected chi connectivity index (χ3v) is 9.92. The second-order valence-electron chi connectivity index (χ2n) is 10.4. The number of amides is 1. The van der Waals surface area contributed by atoms with Crippen LogP contribution in [-0.4, -0.2) is 74.6 Å². The molecule has 0 aromatic rings. The molecular formula is C23H33NO6. The normalized spacial score (nSPS) is 54.4. The van der Waals surface area contributed by atoms with Crippen molar-refractivity contribution in [2.24, 2.45) is 40.9 Å². The third kappa shape index (κ3) is 2.04. The summed E-state index contributed by atoms with van der Waals surface area (Å²) >= 11 is 0. The third-order valence-electron chi connectivity index (χ3n) is 9.92. The highest BCUT2D eigenvalue weighted by Crippen LogP contribution is 2.76. The molecule has 1 spiro atoms. The van der Waals surface area contributed by atoms with Gasteiger partial charge in [0.05, 0.1) is 24.9 Å². The molecule has 5 fully saturated rings. The van der Waals surface area contributed by atoms with E-state index in [1.54, 1.807) is 7.11 Å². The molecule has 4 saturated carbocycles. The minimum absolute atomic E-state index is 0.0166. The number of rotatable bonds is 4. The molecule has 1 N–H and O–H groups in total. The van der Waals surface area contributed by atoms with E-state index in [2.05, 4.69) is 12.2 Å². The van der Waals surface area contributed by atoms with Crippen LogP contribution in [0.5, 0.6) is 0 Å². The lowest BCUT2D eigenvalue weighted by Gasteiger charge is -2.66. The zero-order valence-corrected chi connectivity index (χ0v) is 18.0. The van der Waals surface area contributed by atoms with Gasteiger partial charge in [0.2, 0.25) is 0 Å². The molecule has 166 valence electrons. The molecule has 30 heavy (non-hydrogen) atoms. The van der Waals surface area contributed by atoms with E-state index in [9.17, 15) is 9.90 Å². The molecule has 0 aromatic heterocycles. The minimum atomic E-state index is -0.969. The van der Waals surface area contributed by atoms with E-state index in [1.165, 1.54) is 7.11 Å². The van der Waals surface area contributed by atoms with Gasteiger partial charge in [-0.15, -0.1) is 0 Å². The summed E-state index contributed by atoms with van der Waals surface area (Å²) < 4.78 is 22.9. The molecule has 0 radical (unpaired) electrons. The summed E-state index contributed by atoms with van der Waals surface area (Å²) in [6.45, 7) is 0.977. The maximum atomic E-state index is 12.9. The Bertz CT molecular complexity index is 773. The standard InChI is InChI=1S/C23H33NO6/c1-27-11-30-19-12-6-7-22(26)16-9-14-13-4-5-17(28-2)23(14,15(8-12)18(19)22)20(16)24(10-13)21(25)29-3/h6-7,12-20,26H,4-5,8-11H2,1-3H3/t12-,13?,14+,15?,16-,17?,18-,19-,20?,22-,23?/m0/s1. The zero-order valence-electron chi connectivity index (χ0n) is 18.0. The molecule has 7 bridgehead atoms. The first kappa shape index (κ1) is 19.5. The Labute approximate surface area is 177 Å². The van der Waals surface area contributed by atoms with Crippen LogP contribution in [0.2, 0.25) is 0 Å². The van der Waals surface area contributed by atoms with Gasteiger partial charge in [-0.25, -0.2) is 4.79 Å². The van der Waals surface area contributed by atoms with E-state index in [1.807, 2.05) is 12.0 Å². The van der Waals surface area contributed by atoms with E-state index < -0.39 is 5.60 Å². The fourth-order valence-electron chi connectivity index (χ4n) is 9.39. The topological polar surface area (TPSA) is 77.5 Å². The largest absolute Gasteiger partial charge is 0.453 e. The Morgan fingerprint density at radius 3 is 2.73 bits per heavy atom. The van der Waals surface area contributed by atoms with Gasteiger partial charge >= 0.3 is 6.09 Å². The van der Waals surface area contributed by atoms with Gasteiger partial charge in [-0.1, -0.05) is 12.2 Å². The van der Waals surface area contributed by atoms with Crippen molar-refractivity contribution in [1.29, 1.82) is 0 Å². The predicted octanol–water partition coefficient (Wildman–Crippen LogP) is 2.04. The molecule has 7 heteroatoms. The van der Waals surface area contributed by atoms with E-state index >= 15 is 0 Å². The second-order valence-corrected chi connectivity index (χ2v) is 10.4. The number of piperidine rings is 1. The molecule has 6 rings (SSSR count). The Kier molecular flexibility index (Phi) is 4.19. The van der Waals surface area contributed by atoms with Crippen molar-refractivity contribution < 1.29 is 28.8 Å². The summed E-state index contributed by atoms with van der Waals surface area (Å²) in [5, 5.41) is 12.2. The van der Waals surface area contributed by atoms with Crippen LogP contribution in [0, 0.1) is 40.9 Å². The molecule has 5 unspecified atom stereocenters. The minimum Gasteiger partial charge on any atom is -0.453 e. The molecule has 11 atom stereocenters. The number of nitrogens with zero attached hydrogens (tertiary/aromatic N) is 1. The maximum Gasteiger partial charge on any atom is 0.409 e. The van der Waals surface area contributed by atoms with Crippen LogP contribution in [-0.2, 0) is 18.9 Å². The summed E-state index contributed by atoms with van der Waals surface area (Å²) in [7, 11) is 4.93. The number of ether oxygens (including phenoxy) is 4. The SMILES string of the molecule is COCO[C@H]1[C@H]2C=C[C@]3(O)[C@H]4C[C@@H]5C6CCC(OC)C5(C(C2)[C@@H]13)C4N(C(=O)OC)C6. The van der Waals surface area contributed by atoms with Crippen LogP contribution < -0.4 is 0 Å². The van der Waals surface area contributed by atoms with Gasteiger partial charge in [0.25, 0.3) is 0 Å². The van der Waals surface area contributed by atoms with Crippen LogP contribution in [0.4, 0.5) is 4.79 Å². The average molecular weight is 420 g/mol. The Morgan fingerprint density at radius 2 is 2.00 bits per heavy atom. The highest BCUT2D eigenvalue weighted by Gasteiger charge is 2.81. The van der Waals surface area contributed by atoms with E-state index in [0.717, 1.165) is 32.2 Å². The summed E-state index contributed by atoms with van der Waals surface area (Å²) in [5.74, 6) is 1.44. The van der Waals surface area contributed by atoms with E-state index in [-0.39, 0.29) is 60.2 Å². The summed E-state index contributed by atoms with van der Waals surface area (Å²) in [5.41, 5.74) is -1.11. The van der Waals surface area contributed by atoms with Crippen molar-refractivity contribution in [1.82, 2.24) is 4.90 Å². The Morgan fingerprint density at radius 1 is 1.17 bits per heavy atom. The lowest BCUT2D eigenvalue weighted by molar-refractivity contribution is -0.239. The van der Waals surface area contributed by atoms with Crippen molar-refractivity contribution in [3.05, 3.63) is 12.2 Å². The fraction of sp³-hybridized carbons (Fsp3) is 0.870. The van der Waals surface area contributed by atoms with Crippen molar-refractivity contribution >= 4 is 6.09 Å². The summed E-state index contributed by atoms with van der Waals surface area (Å²) in [6, 6.07) is -0.0488. The van der Waals surface area contributed by atoms with Gasteiger partial charge in [-0.3, -0.25) is 0 Å². The molecule has 0 aromatic carbocycles. The highest BCUT2D eigenvalue weighted by molar-refractivity contribution is 5.69. The van der Waals surface area contributed by atoms with E-state index in [0.29, 0.717) is 11.8 Å². The predicted molar refractivity (Wildman–Crippen MR) is 106 cm³/mol. The first-order chi connectivity index (χ1) is 14.5. The summed E-state index contributed by atoms with van der Waals surface area (Å²) in [4.78, 5) is 14.9. The van der Waals surface area contributed by atoms with Crippen molar-refractivity contribution in [2.45, 2.75) is 49.5 Å². The van der Waals surface area contributed by atoms with Gasteiger partial charge in [0.1, 0.15) is 6.79 Å². The van der Waals surface area contributed by atoms with Gasteiger partial charge < -0.3 is 29.0 Å². The van der Waals surface area contributed by atoms with Crippen LogP contribution in [0.3, 0.4) is 0 Å². The number of fused-ring (bicyclic) bond motifs is 2. The number of carbonyl (C=O) groups excluding carboxylic acids is 1. The molecule has 6 aliphatic rings. The lowest BCUT2D eigenvalue weighted by atomic mass is 9.46. The van der Waals surface area contributed by atoms with Gasteiger partial charge in [0, 0.05) is 50.0 Å². The van der Waals surface area contributed by atoms with Crippen LogP contribution in [0.1, 0.15) is 25.7 Å². The van der Waals surface area contributed by atoms with Gasteiger partial charge in [0.15, 0.2) is 0 Å². The first-order valence-electron chi connectivity index (χ1n) is 11.4. The molecule has 1 amide bonds. The number of hydrogen-bond acceptors (Lipinski definition) is 6. The molecule has 1 saturated heterocycles. The molecule has 1 heterocycles. The quantitative estimate of drug-likeness (QED) is 0.555. The number of likely N-dealkylation sites (tertiary alicyclic amines) is 1. The lowest BCUT2D eigenvalue weighted by Crippen LogP contribution is -2.74. The molecule has 5 aliphatic carbocycles. The fourth-order valence-corrected chi connectivity index (χ4v) is 9.39. The van der Waals surface area contributed by atoms with Gasteiger partial charge in [-0.05, 0) is 43.4 Å². The monoisotopic (exact) mass is 419 g/mol. The maximum absolute atomic E-state index is 12.9. The summed E-state index contributed by atoms with van der Waals surface area (Å²) in [6.07, 6.45) is 8.01. The highest BCUT2D eigenvalue weighted by atomic mass is 16.7. The molecule has 1 aliphatic heterocycles. The van der Waals surface area contributed by atoms with Crippen molar-refractivity contribution in [3.8, 4) is 0 Å². The van der Waals surface area contributed by atoms with Gasteiger partial charge in [-0.2, -0.15) is 0 Å². The molecule has 7 nitrogen and oxygen atoms in total. The average Bonchev–Trinajstić information content (AvgIpc) is 3.16. The van der Waals surface area contributed by atoms with Crippen LogP contribution in [0.15, 0.2) is 12.2 Å². The molecular weight excluding hydrogens is 386 g/mol. The van der Waals surface area contributed by atoms with Crippen LogP contribution >= 0.6 is 0 Å². The number of carbonyl (C=O) groups is 1.